The summed E-state index contributed by atoms with van der Waals surface area (Å²) in [7, 11) is 0. The molecule has 0 aliphatic rings. The van der Waals surface area contributed by atoms with E-state index in [-0.39, 0.29) is 0 Å². The number of carboxylic acid groups (broad SMARTS) is 2. The van der Waals surface area contributed by atoms with E-state index in [2.05, 4.69) is 0 Å². The Morgan fingerprint density at radius 3 is 1.71 bits per heavy atom. The van der Waals surface area contributed by atoms with Gasteiger partial charge in [0.1, 0.15) is 12.1 Å². The highest BCUT2D eigenvalue weighted by Gasteiger charge is 2.09. The van der Waals surface area contributed by atoms with Crippen LogP contribution in [-0.2, 0) is 9.59 Å². The zero-order valence-corrected chi connectivity index (χ0v) is 10.1. The van der Waals surface area contributed by atoms with Crippen LogP contribution in [0.3, 0.4) is 0 Å². The summed E-state index contributed by atoms with van der Waals surface area (Å²) in [6.45, 7) is 2.41. The number of hydrogen-bond acceptors (Lipinski definition) is 5. The Bertz CT molecular complexity index is 224. The lowest BCUT2D eigenvalue weighted by molar-refractivity contribution is -0.139. The molecule has 0 heterocycles. The zero-order chi connectivity index (χ0) is 13.8. The van der Waals surface area contributed by atoms with Gasteiger partial charge in [0, 0.05) is 0 Å². The molecule has 7 nitrogen and oxygen atoms in total. The van der Waals surface area contributed by atoms with Crippen LogP contribution in [0.1, 0.15) is 32.6 Å². The van der Waals surface area contributed by atoms with E-state index >= 15 is 0 Å². The minimum Gasteiger partial charge on any atom is -0.480 e. The van der Waals surface area contributed by atoms with Gasteiger partial charge in [-0.05, 0) is 25.8 Å². The molecule has 0 bridgehead atoms. The van der Waals surface area contributed by atoms with E-state index < -0.39 is 24.0 Å². The molecule has 17 heavy (non-hydrogen) atoms. The fourth-order valence-corrected chi connectivity index (χ4v) is 0.896. The number of hydrogen-bond donors (Lipinski definition) is 5. The van der Waals surface area contributed by atoms with Gasteiger partial charge in [-0.1, -0.05) is 13.3 Å². The number of nitrogens with two attached hydrogens (primary N) is 3. The Morgan fingerprint density at radius 2 is 1.47 bits per heavy atom. The van der Waals surface area contributed by atoms with Gasteiger partial charge in [0.2, 0.25) is 0 Å². The van der Waals surface area contributed by atoms with Crippen molar-refractivity contribution in [1.82, 2.24) is 0 Å². The van der Waals surface area contributed by atoms with Crippen LogP contribution in [0.25, 0.3) is 0 Å². The summed E-state index contributed by atoms with van der Waals surface area (Å²) in [5.74, 6) is -1.87. The molecular formula is C10H23N3O4. The number of aliphatic carboxylic acids is 2. The van der Waals surface area contributed by atoms with Gasteiger partial charge in [0.25, 0.3) is 0 Å². The quantitative estimate of drug-likeness (QED) is 0.401. The molecule has 0 saturated carbocycles. The fraction of sp³-hybridized carbons (Fsp3) is 0.800. The van der Waals surface area contributed by atoms with E-state index in [4.69, 9.17) is 27.4 Å². The number of carbonyl (C=O) groups is 2. The normalized spacial score (nSPS) is 13.2. The summed E-state index contributed by atoms with van der Waals surface area (Å²) in [5, 5.41) is 16.4. The molecule has 0 aromatic carbocycles. The first-order chi connectivity index (χ1) is 7.86. The average Bonchev–Trinajstić information content (AvgIpc) is 2.26. The monoisotopic (exact) mass is 249 g/mol. The molecule has 0 aromatic rings. The average molecular weight is 249 g/mol. The predicted molar refractivity (Wildman–Crippen MR) is 64.4 cm³/mol. The van der Waals surface area contributed by atoms with Gasteiger partial charge in [0.05, 0.1) is 0 Å². The topological polar surface area (TPSA) is 153 Å². The summed E-state index contributed by atoms with van der Waals surface area (Å²) in [6, 6.07) is -1.41. The van der Waals surface area contributed by atoms with Gasteiger partial charge in [-0.15, -0.1) is 0 Å². The van der Waals surface area contributed by atoms with Crippen LogP contribution in [-0.4, -0.2) is 40.8 Å². The van der Waals surface area contributed by atoms with Crippen LogP contribution < -0.4 is 17.2 Å². The molecule has 8 N–H and O–H groups in total. The number of rotatable bonds is 7. The minimum atomic E-state index is -0.955. The second-order valence-corrected chi connectivity index (χ2v) is 3.61. The first-order valence-electron chi connectivity index (χ1n) is 5.53. The van der Waals surface area contributed by atoms with Gasteiger partial charge in [-0.3, -0.25) is 9.59 Å². The third kappa shape index (κ3) is 12.8. The van der Waals surface area contributed by atoms with Crippen LogP contribution in [0.5, 0.6) is 0 Å². The lowest BCUT2D eigenvalue weighted by Gasteiger charge is -2.02. The third-order valence-corrected chi connectivity index (χ3v) is 1.95. The molecule has 0 unspecified atom stereocenters. The molecular weight excluding hydrogens is 226 g/mol. The Kier molecular flexibility index (Phi) is 12.1. The number of carboxylic acids is 2. The maximum atomic E-state index is 10.0. The van der Waals surface area contributed by atoms with E-state index in [0.717, 1.165) is 6.42 Å². The summed E-state index contributed by atoms with van der Waals surface area (Å²) in [5.41, 5.74) is 15.4. The highest BCUT2D eigenvalue weighted by molar-refractivity contribution is 5.73. The standard InChI is InChI=1S/C5H12N2O2.C5H11NO2/c6-3-1-2-4(7)5(8)9;1-2-3-4(6)5(7)8/h4H,1-3,6-7H2,(H,8,9);4H,2-3,6H2,1H3,(H,7,8)/t2*4-/m00/s1. The molecule has 102 valence electrons. The molecule has 0 radical (unpaired) electrons. The second-order valence-electron chi connectivity index (χ2n) is 3.61. The first-order valence-corrected chi connectivity index (χ1v) is 5.53. The molecule has 0 saturated heterocycles. The van der Waals surface area contributed by atoms with Crippen LogP contribution >= 0.6 is 0 Å². The van der Waals surface area contributed by atoms with E-state index in [0.29, 0.717) is 25.8 Å². The maximum Gasteiger partial charge on any atom is 0.320 e. The van der Waals surface area contributed by atoms with Crippen LogP contribution in [0.15, 0.2) is 0 Å². The molecule has 0 spiro atoms. The highest BCUT2D eigenvalue weighted by atomic mass is 16.4. The second kappa shape index (κ2) is 11.3. The summed E-state index contributed by atoms with van der Waals surface area (Å²) < 4.78 is 0. The van der Waals surface area contributed by atoms with Crippen molar-refractivity contribution in [3.8, 4) is 0 Å². The summed E-state index contributed by atoms with van der Waals surface area (Å²) in [4.78, 5) is 20.0. The fourth-order valence-electron chi connectivity index (χ4n) is 0.896. The lowest BCUT2D eigenvalue weighted by atomic mass is 10.2. The van der Waals surface area contributed by atoms with Gasteiger partial charge in [-0.25, -0.2) is 0 Å². The van der Waals surface area contributed by atoms with Crippen molar-refractivity contribution < 1.29 is 19.8 Å². The van der Waals surface area contributed by atoms with Crippen LogP contribution in [0, 0.1) is 0 Å². The van der Waals surface area contributed by atoms with E-state index in [1.165, 1.54) is 0 Å². The Hall–Kier alpha value is -1.18. The van der Waals surface area contributed by atoms with Crippen LogP contribution in [0.4, 0.5) is 0 Å². The molecule has 0 aliphatic heterocycles. The van der Waals surface area contributed by atoms with Gasteiger partial charge >= 0.3 is 11.9 Å². The van der Waals surface area contributed by atoms with Gasteiger partial charge in [0.15, 0.2) is 0 Å². The van der Waals surface area contributed by atoms with Crippen LogP contribution in [0.2, 0.25) is 0 Å². The van der Waals surface area contributed by atoms with Gasteiger partial charge in [-0.2, -0.15) is 0 Å². The van der Waals surface area contributed by atoms with Crippen molar-refractivity contribution in [3.63, 3.8) is 0 Å². The predicted octanol–water partition coefficient (Wildman–Crippen LogP) is -0.664. The zero-order valence-electron chi connectivity index (χ0n) is 10.1. The largest absolute Gasteiger partial charge is 0.480 e. The van der Waals surface area contributed by atoms with E-state index in [1.807, 2.05) is 6.92 Å². The Labute approximate surface area is 101 Å². The van der Waals surface area contributed by atoms with Crippen molar-refractivity contribution in [2.24, 2.45) is 17.2 Å². The molecule has 7 heteroatoms. The molecule has 0 rings (SSSR count). The van der Waals surface area contributed by atoms with Gasteiger partial charge < -0.3 is 27.4 Å². The minimum absolute atomic E-state index is 0.464. The first kappa shape index (κ1) is 18.2. The SMILES string of the molecule is CCC[C@H](N)C(=O)O.NCCC[C@H](N)C(=O)O. The third-order valence-electron chi connectivity index (χ3n) is 1.95. The molecule has 2 atom stereocenters. The van der Waals surface area contributed by atoms with Crippen molar-refractivity contribution >= 4 is 11.9 Å². The molecule has 0 aliphatic carbocycles. The maximum absolute atomic E-state index is 10.0. The molecule has 0 amide bonds. The molecule has 0 aromatic heterocycles. The molecule has 0 fully saturated rings. The lowest BCUT2D eigenvalue weighted by Crippen LogP contribution is -2.30. The summed E-state index contributed by atoms with van der Waals surface area (Å²) in [6.07, 6.45) is 2.53. The van der Waals surface area contributed by atoms with E-state index in [9.17, 15) is 9.59 Å². The Morgan fingerprint density at radius 1 is 1.06 bits per heavy atom. The van der Waals surface area contributed by atoms with Crippen molar-refractivity contribution in [2.45, 2.75) is 44.7 Å². The van der Waals surface area contributed by atoms with Crippen molar-refractivity contribution in [1.29, 1.82) is 0 Å². The van der Waals surface area contributed by atoms with E-state index in [1.54, 1.807) is 0 Å². The summed E-state index contributed by atoms with van der Waals surface area (Å²) >= 11 is 0. The van der Waals surface area contributed by atoms with Crippen molar-refractivity contribution in [2.75, 3.05) is 6.54 Å². The Balaban J connectivity index is 0. The highest BCUT2D eigenvalue weighted by Crippen LogP contribution is 1.91. The smallest absolute Gasteiger partial charge is 0.320 e. The van der Waals surface area contributed by atoms with Crippen molar-refractivity contribution in [3.05, 3.63) is 0 Å².